The summed E-state index contributed by atoms with van der Waals surface area (Å²) in [4.78, 5) is 25.0. The van der Waals surface area contributed by atoms with E-state index in [1.54, 1.807) is 13.8 Å². The molecule has 1 aliphatic carbocycles. The second-order valence-electron chi connectivity index (χ2n) is 8.27. The highest BCUT2D eigenvalue weighted by molar-refractivity contribution is 6.05. The molecular weight excluding hydrogens is 417 g/mol. The quantitative estimate of drug-likeness (QED) is 0.464. The van der Waals surface area contributed by atoms with Crippen molar-refractivity contribution in [2.75, 3.05) is 18.5 Å². The van der Waals surface area contributed by atoms with E-state index in [1.165, 1.54) is 18.2 Å². The van der Waals surface area contributed by atoms with Crippen LogP contribution in [0.15, 0.2) is 18.2 Å². The van der Waals surface area contributed by atoms with Gasteiger partial charge in [-0.15, -0.1) is 0 Å². The smallest absolute Gasteiger partial charge is 0.394 e. The second kappa shape index (κ2) is 7.97. The van der Waals surface area contributed by atoms with Gasteiger partial charge in [-0.25, -0.2) is 0 Å². The summed E-state index contributed by atoms with van der Waals surface area (Å²) in [7, 11) is 0. The standard InChI is InChI=1S/C20H23F3N4O4/c1-19(2)6-13-14(17(27-26-13)20(21,22)23)16(30)15(19)9-3-4-11(18(24)31)12(5-9)25-7-10(29)8-28/h3-5,10,15,25,28-29H,6-8H2,1-2H3,(H2,24,31)(H,26,27). The molecule has 6 N–H and O–H groups in total. The Labute approximate surface area is 175 Å². The number of alkyl halides is 3. The van der Waals surface area contributed by atoms with Crippen molar-refractivity contribution < 1.29 is 33.0 Å². The second-order valence-corrected chi connectivity index (χ2v) is 8.27. The Morgan fingerprint density at radius 3 is 2.68 bits per heavy atom. The number of halogens is 3. The first-order valence-electron chi connectivity index (χ1n) is 9.52. The van der Waals surface area contributed by atoms with E-state index in [1.807, 2.05) is 0 Å². The highest BCUT2D eigenvalue weighted by Gasteiger charge is 2.49. The number of benzene rings is 1. The summed E-state index contributed by atoms with van der Waals surface area (Å²) in [5, 5.41) is 27.1. The number of nitrogens with one attached hydrogen (secondary N) is 2. The molecule has 1 aromatic heterocycles. The number of nitrogens with zero attached hydrogens (tertiary/aromatic N) is 1. The number of carbonyl (C=O) groups is 2. The lowest BCUT2D eigenvalue weighted by Gasteiger charge is -2.37. The van der Waals surface area contributed by atoms with Gasteiger partial charge < -0.3 is 21.3 Å². The monoisotopic (exact) mass is 440 g/mol. The SMILES string of the molecule is CC1(C)Cc2[nH]nc(C(F)(F)F)c2C(=O)C1c1ccc(C(N)=O)c(NCC(O)CO)c1. The summed E-state index contributed by atoms with van der Waals surface area (Å²) in [6, 6.07) is 4.33. The molecule has 1 aromatic carbocycles. The van der Waals surface area contributed by atoms with Gasteiger partial charge >= 0.3 is 6.18 Å². The van der Waals surface area contributed by atoms with Crippen LogP contribution < -0.4 is 11.1 Å². The van der Waals surface area contributed by atoms with Gasteiger partial charge in [-0.3, -0.25) is 14.7 Å². The summed E-state index contributed by atoms with van der Waals surface area (Å²) in [5.41, 5.74) is 3.72. The summed E-state index contributed by atoms with van der Waals surface area (Å²) in [5.74, 6) is -2.43. The number of hydrogen-bond donors (Lipinski definition) is 5. The Morgan fingerprint density at radius 1 is 1.42 bits per heavy atom. The van der Waals surface area contributed by atoms with E-state index in [9.17, 15) is 27.9 Å². The molecule has 0 spiro atoms. The molecule has 1 amide bonds. The zero-order valence-electron chi connectivity index (χ0n) is 16.9. The van der Waals surface area contributed by atoms with Crippen molar-refractivity contribution in [1.82, 2.24) is 10.2 Å². The maximum absolute atomic E-state index is 13.4. The number of Topliss-reactive ketones (excluding diaryl/α,β-unsaturated/α-hetero) is 1. The van der Waals surface area contributed by atoms with Gasteiger partial charge in [0.2, 0.25) is 0 Å². The molecule has 0 saturated carbocycles. The normalized spacial score (nSPS) is 19.1. The van der Waals surface area contributed by atoms with E-state index < -0.39 is 53.2 Å². The minimum absolute atomic E-state index is 0.0786. The van der Waals surface area contributed by atoms with Gasteiger partial charge in [0.25, 0.3) is 5.91 Å². The van der Waals surface area contributed by atoms with E-state index in [0.29, 0.717) is 5.56 Å². The van der Waals surface area contributed by atoms with Gasteiger partial charge in [0, 0.05) is 17.9 Å². The van der Waals surface area contributed by atoms with Gasteiger partial charge in [0.05, 0.1) is 29.8 Å². The van der Waals surface area contributed by atoms with E-state index in [4.69, 9.17) is 10.8 Å². The molecule has 0 bridgehead atoms. The number of anilines is 1. The molecule has 168 valence electrons. The first kappa shape index (κ1) is 22.8. The summed E-state index contributed by atoms with van der Waals surface area (Å²) in [6.07, 6.45) is -5.74. The molecule has 1 aliphatic rings. The van der Waals surface area contributed by atoms with E-state index >= 15 is 0 Å². The lowest BCUT2D eigenvalue weighted by atomic mass is 9.64. The molecule has 2 atom stereocenters. The van der Waals surface area contributed by atoms with Gasteiger partial charge in [-0.1, -0.05) is 19.9 Å². The van der Waals surface area contributed by atoms with Gasteiger partial charge in [0.15, 0.2) is 11.5 Å². The summed E-state index contributed by atoms with van der Waals surface area (Å²) < 4.78 is 40.1. The third-order valence-corrected chi connectivity index (χ3v) is 5.41. The number of aromatic nitrogens is 2. The van der Waals surface area contributed by atoms with E-state index in [0.717, 1.165) is 0 Å². The zero-order chi connectivity index (χ0) is 23.1. The van der Waals surface area contributed by atoms with Crippen LogP contribution in [0.3, 0.4) is 0 Å². The van der Waals surface area contributed by atoms with Crippen LogP contribution in [0.1, 0.15) is 57.4 Å². The number of aromatic amines is 1. The number of ketones is 1. The number of rotatable bonds is 6. The molecule has 8 nitrogen and oxygen atoms in total. The molecule has 2 aromatic rings. The number of nitrogens with two attached hydrogens (primary N) is 1. The molecule has 1 heterocycles. The van der Waals surface area contributed by atoms with Crippen molar-refractivity contribution in [3.05, 3.63) is 46.3 Å². The molecule has 2 unspecified atom stereocenters. The van der Waals surface area contributed by atoms with Crippen LogP contribution in [0.5, 0.6) is 0 Å². The Hall–Kier alpha value is -2.92. The first-order chi connectivity index (χ1) is 14.4. The number of H-pyrrole nitrogens is 1. The van der Waals surface area contributed by atoms with Gasteiger partial charge in [-0.2, -0.15) is 18.3 Å². The molecular formula is C20H23F3N4O4. The number of aliphatic hydroxyl groups excluding tert-OH is 2. The average molecular weight is 440 g/mol. The molecule has 11 heteroatoms. The number of fused-ring (bicyclic) bond motifs is 1. The van der Waals surface area contributed by atoms with Crippen molar-refractivity contribution in [3.8, 4) is 0 Å². The predicted molar refractivity (Wildman–Crippen MR) is 105 cm³/mol. The fourth-order valence-corrected chi connectivity index (χ4v) is 4.03. The number of aliphatic hydroxyl groups is 2. The van der Waals surface area contributed by atoms with Crippen molar-refractivity contribution >= 4 is 17.4 Å². The Bertz CT molecular complexity index is 1020. The minimum Gasteiger partial charge on any atom is -0.394 e. The molecule has 0 fully saturated rings. The molecule has 0 radical (unpaired) electrons. The van der Waals surface area contributed by atoms with Crippen LogP contribution in [0.25, 0.3) is 0 Å². The predicted octanol–water partition coefficient (Wildman–Crippen LogP) is 1.84. The number of amides is 1. The fourth-order valence-electron chi connectivity index (χ4n) is 4.03. The molecule has 3 rings (SSSR count). The van der Waals surface area contributed by atoms with Crippen LogP contribution in [0, 0.1) is 5.41 Å². The lowest BCUT2D eigenvalue weighted by molar-refractivity contribution is -0.141. The third-order valence-electron chi connectivity index (χ3n) is 5.41. The maximum atomic E-state index is 13.4. The van der Waals surface area contributed by atoms with E-state index in [2.05, 4.69) is 15.5 Å². The van der Waals surface area contributed by atoms with Crippen LogP contribution >= 0.6 is 0 Å². The van der Waals surface area contributed by atoms with Crippen molar-refractivity contribution in [2.24, 2.45) is 11.1 Å². The molecule has 31 heavy (non-hydrogen) atoms. The highest BCUT2D eigenvalue weighted by atomic mass is 19.4. The molecule has 0 aliphatic heterocycles. The number of carbonyl (C=O) groups excluding carboxylic acids is 2. The first-order valence-corrected chi connectivity index (χ1v) is 9.52. The van der Waals surface area contributed by atoms with Crippen LogP contribution in [0.2, 0.25) is 0 Å². The Kier molecular flexibility index (Phi) is 5.85. The largest absolute Gasteiger partial charge is 0.435 e. The van der Waals surface area contributed by atoms with Crippen LogP contribution in [0.4, 0.5) is 18.9 Å². The molecule has 0 saturated heterocycles. The summed E-state index contributed by atoms with van der Waals surface area (Å²) in [6.45, 7) is 2.90. The highest BCUT2D eigenvalue weighted by Crippen LogP contribution is 2.48. The lowest BCUT2D eigenvalue weighted by Crippen LogP contribution is -2.37. The fraction of sp³-hybridized carbons (Fsp3) is 0.450. The maximum Gasteiger partial charge on any atom is 0.435 e. The minimum atomic E-state index is -4.78. The number of primary amides is 1. The Morgan fingerprint density at radius 2 is 2.10 bits per heavy atom. The Balaban J connectivity index is 2.08. The van der Waals surface area contributed by atoms with E-state index in [-0.39, 0.29) is 29.9 Å². The zero-order valence-corrected chi connectivity index (χ0v) is 16.9. The third kappa shape index (κ3) is 4.28. The van der Waals surface area contributed by atoms with Gasteiger partial charge in [0.1, 0.15) is 0 Å². The van der Waals surface area contributed by atoms with Crippen molar-refractivity contribution in [2.45, 2.75) is 38.5 Å². The van der Waals surface area contributed by atoms with Crippen molar-refractivity contribution in [3.63, 3.8) is 0 Å². The summed E-state index contributed by atoms with van der Waals surface area (Å²) >= 11 is 0. The van der Waals surface area contributed by atoms with Crippen LogP contribution in [-0.4, -0.2) is 51.4 Å². The topological polar surface area (TPSA) is 141 Å². The van der Waals surface area contributed by atoms with Crippen LogP contribution in [-0.2, 0) is 12.6 Å². The van der Waals surface area contributed by atoms with Gasteiger partial charge in [-0.05, 0) is 29.5 Å². The average Bonchev–Trinajstić information content (AvgIpc) is 3.09. The number of hydrogen-bond acceptors (Lipinski definition) is 6. The van der Waals surface area contributed by atoms with Crippen molar-refractivity contribution in [1.29, 1.82) is 0 Å².